The molecule has 0 aliphatic rings. The Bertz CT molecular complexity index is 561. The molecule has 1 rings (SSSR count). The van der Waals surface area contributed by atoms with Crippen molar-refractivity contribution in [3.8, 4) is 0 Å². The van der Waals surface area contributed by atoms with Gasteiger partial charge in [-0.25, -0.2) is 0 Å². The van der Waals surface area contributed by atoms with Gasteiger partial charge in [0.2, 0.25) is 11.8 Å². The van der Waals surface area contributed by atoms with Gasteiger partial charge in [-0.15, -0.1) is 0 Å². The Balaban J connectivity index is 2.49. The quantitative estimate of drug-likeness (QED) is 0.370. The standard InChI is InChI=1S/C23H40N4O2/c1-4-7-11-15-25-22(28)19-26-23(29)21(18-20-13-9-8-10-14-20)24-16-12-17-27(5-2)6-3/h8-10,13-14,21,24H,4-7,11-12,15-19H2,1-3H3,(H,25,28)(H,26,29)/t21-/m0/s1. The van der Waals surface area contributed by atoms with E-state index in [2.05, 4.69) is 41.6 Å². The van der Waals surface area contributed by atoms with Crippen LogP contribution in [0.15, 0.2) is 30.3 Å². The summed E-state index contributed by atoms with van der Waals surface area (Å²) in [4.78, 5) is 27.0. The van der Waals surface area contributed by atoms with Crippen molar-refractivity contribution >= 4 is 11.8 Å². The van der Waals surface area contributed by atoms with E-state index in [9.17, 15) is 9.59 Å². The van der Waals surface area contributed by atoms with Crippen LogP contribution in [0, 0.1) is 0 Å². The number of hydrogen-bond donors (Lipinski definition) is 3. The average Bonchev–Trinajstić information content (AvgIpc) is 2.75. The Morgan fingerprint density at radius 2 is 1.66 bits per heavy atom. The van der Waals surface area contributed by atoms with Crippen LogP contribution in [0.3, 0.4) is 0 Å². The molecule has 0 aliphatic heterocycles. The zero-order valence-electron chi connectivity index (χ0n) is 18.5. The second kappa shape index (κ2) is 15.9. The molecule has 0 aliphatic carbocycles. The van der Waals surface area contributed by atoms with E-state index in [1.807, 2.05) is 30.3 Å². The molecule has 1 aromatic rings. The lowest BCUT2D eigenvalue weighted by atomic mass is 10.1. The third-order valence-electron chi connectivity index (χ3n) is 5.06. The molecule has 0 heterocycles. The molecule has 1 aromatic carbocycles. The Hall–Kier alpha value is -1.92. The first-order valence-electron chi connectivity index (χ1n) is 11.1. The number of amides is 2. The number of nitrogens with one attached hydrogen (secondary N) is 3. The van der Waals surface area contributed by atoms with Gasteiger partial charge in [0.15, 0.2) is 0 Å². The van der Waals surface area contributed by atoms with Crippen LogP contribution < -0.4 is 16.0 Å². The number of rotatable bonds is 16. The normalized spacial score (nSPS) is 12.0. The van der Waals surface area contributed by atoms with E-state index in [0.717, 1.165) is 57.4 Å². The number of hydrogen-bond acceptors (Lipinski definition) is 4. The fourth-order valence-corrected chi connectivity index (χ4v) is 3.18. The molecule has 164 valence electrons. The van der Waals surface area contributed by atoms with Gasteiger partial charge in [0.05, 0.1) is 12.6 Å². The highest BCUT2D eigenvalue weighted by atomic mass is 16.2. The van der Waals surface area contributed by atoms with Crippen LogP contribution in [0.1, 0.15) is 52.0 Å². The fourth-order valence-electron chi connectivity index (χ4n) is 3.18. The molecule has 0 fully saturated rings. The Morgan fingerprint density at radius 1 is 0.931 bits per heavy atom. The van der Waals surface area contributed by atoms with Crippen LogP contribution in [0.4, 0.5) is 0 Å². The third-order valence-corrected chi connectivity index (χ3v) is 5.06. The zero-order chi connectivity index (χ0) is 21.3. The summed E-state index contributed by atoms with van der Waals surface area (Å²) in [5.41, 5.74) is 1.10. The molecule has 0 saturated carbocycles. The lowest BCUT2D eigenvalue weighted by molar-refractivity contribution is -0.127. The maximum Gasteiger partial charge on any atom is 0.239 e. The van der Waals surface area contributed by atoms with Gasteiger partial charge >= 0.3 is 0 Å². The summed E-state index contributed by atoms with van der Waals surface area (Å²) in [7, 11) is 0. The van der Waals surface area contributed by atoms with Crippen molar-refractivity contribution < 1.29 is 9.59 Å². The topological polar surface area (TPSA) is 73.5 Å². The second-order valence-electron chi connectivity index (χ2n) is 7.35. The molecular formula is C23H40N4O2. The zero-order valence-corrected chi connectivity index (χ0v) is 18.5. The predicted octanol–water partition coefficient (Wildman–Crippen LogP) is 2.34. The van der Waals surface area contributed by atoms with Crippen LogP contribution in [0.25, 0.3) is 0 Å². The van der Waals surface area contributed by atoms with E-state index < -0.39 is 0 Å². The first-order chi connectivity index (χ1) is 14.1. The minimum atomic E-state index is -0.345. The molecule has 0 unspecified atom stereocenters. The van der Waals surface area contributed by atoms with Crippen molar-refractivity contribution in [1.82, 2.24) is 20.9 Å². The first-order valence-corrected chi connectivity index (χ1v) is 11.1. The van der Waals surface area contributed by atoms with Crippen molar-refractivity contribution in [3.05, 3.63) is 35.9 Å². The minimum absolute atomic E-state index is 0.0252. The molecular weight excluding hydrogens is 364 g/mol. The highest BCUT2D eigenvalue weighted by Crippen LogP contribution is 2.04. The SMILES string of the molecule is CCCCCNC(=O)CNC(=O)[C@H](Cc1ccccc1)NCCCN(CC)CC. The van der Waals surface area contributed by atoms with E-state index in [0.29, 0.717) is 13.0 Å². The number of carbonyl (C=O) groups excluding carboxylic acids is 2. The molecule has 0 radical (unpaired) electrons. The van der Waals surface area contributed by atoms with Gasteiger partial charge in [-0.05, 0) is 51.0 Å². The van der Waals surface area contributed by atoms with Gasteiger partial charge < -0.3 is 20.9 Å². The Labute approximate surface area is 176 Å². The van der Waals surface area contributed by atoms with E-state index in [-0.39, 0.29) is 24.4 Å². The minimum Gasteiger partial charge on any atom is -0.355 e. The van der Waals surface area contributed by atoms with E-state index in [1.54, 1.807) is 0 Å². The number of carbonyl (C=O) groups is 2. The van der Waals surface area contributed by atoms with E-state index in [4.69, 9.17) is 0 Å². The van der Waals surface area contributed by atoms with Crippen molar-refractivity contribution in [1.29, 1.82) is 0 Å². The summed E-state index contributed by atoms with van der Waals surface area (Å²) in [6, 6.07) is 9.64. The first kappa shape index (κ1) is 25.1. The molecule has 3 N–H and O–H groups in total. The van der Waals surface area contributed by atoms with Gasteiger partial charge in [-0.2, -0.15) is 0 Å². The molecule has 6 nitrogen and oxygen atoms in total. The lowest BCUT2D eigenvalue weighted by Crippen LogP contribution is -2.48. The van der Waals surface area contributed by atoms with Gasteiger partial charge in [0.1, 0.15) is 0 Å². The number of nitrogens with zero attached hydrogens (tertiary/aromatic N) is 1. The fraction of sp³-hybridized carbons (Fsp3) is 0.652. The van der Waals surface area contributed by atoms with Crippen LogP contribution in [-0.2, 0) is 16.0 Å². The monoisotopic (exact) mass is 404 g/mol. The van der Waals surface area contributed by atoms with Crippen molar-refractivity contribution in [2.45, 2.75) is 58.9 Å². The smallest absolute Gasteiger partial charge is 0.239 e. The summed E-state index contributed by atoms with van der Waals surface area (Å²) in [5, 5.41) is 9.04. The van der Waals surface area contributed by atoms with Crippen LogP contribution >= 0.6 is 0 Å². The summed E-state index contributed by atoms with van der Waals surface area (Å²) in [6.07, 6.45) is 4.78. The van der Waals surface area contributed by atoms with Gasteiger partial charge in [0, 0.05) is 6.54 Å². The average molecular weight is 405 g/mol. The van der Waals surface area contributed by atoms with Crippen LogP contribution in [-0.4, -0.2) is 62.0 Å². The predicted molar refractivity (Wildman–Crippen MR) is 120 cm³/mol. The summed E-state index contributed by atoms with van der Waals surface area (Å²) >= 11 is 0. The lowest BCUT2D eigenvalue weighted by Gasteiger charge is -2.21. The highest BCUT2D eigenvalue weighted by molar-refractivity contribution is 5.87. The maximum atomic E-state index is 12.7. The molecule has 0 bridgehead atoms. The molecule has 0 spiro atoms. The molecule has 29 heavy (non-hydrogen) atoms. The molecule has 6 heteroatoms. The largest absolute Gasteiger partial charge is 0.355 e. The van der Waals surface area contributed by atoms with Crippen molar-refractivity contribution in [3.63, 3.8) is 0 Å². The second-order valence-corrected chi connectivity index (χ2v) is 7.35. The Morgan fingerprint density at radius 3 is 2.31 bits per heavy atom. The summed E-state index contributed by atoms with van der Waals surface area (Å²) < 4.78 is 0. The molecule has 1 atom stereocenters. The van der Waals surface area contributed by atoms with Crippen LogP contribution in [0.2, 0.25) is 0 Å². The Kier molecular flexibility index (Phi) is 13.8. The van der Waals surface area contributed by atoms with Gasteiger partial charge in [-0.1, -0.05) is 63.9 Å². The number of benzene rings is 1. The highest BCUT2D eigenvalue weighted by Gasteiger charge is 2.19. The van der Waals surface area contributed by atoms with Crippen LogP contribution in [0.5, 0.6) is 0 Å². The van der Waals surface area contributed by atoms with Crippen molar-refractivity contribution in [2.24, 2.45) is 0 Å². The summed E-state index contributed by atoms with van der Waals surface area (Å²) in [6.45, 7) is 11.0. The summed E-state index contributed by atoms with van der Waals surface area (Å²) in [5.74, 6) is -0.255. The molecule has 0 saturated heterocycles. The van der Waals surface area contributed by atoms with Gasteiger partial charge in [0.25, 0.3) is 0 Å². The molecule has 2 amide bonds. The van der Waals surface area contributed by atoms with Crippen molar-refractivity contribution in [2.75, 3.05) is 39.3 Å². The molecule has 0 aromatic heterocycles. The van der Waals surface area contributed by atoms with Gasteiger partial charge in [-0.3, -0.25) is 9.59 Å². The number of unbranched alkanes of at least 4 members (excludes halogenated alkanes) is 2. The maximum absolute atomic E-state index is 12.7. The van der Waals surface area contributed by atoms with E-state index in [1.165, 1.54) is 0 Å². The third kappa shape index (κ3) is 11.6. The van der Waals surface area contributed by atoms with E-state index >= 15 is 0 Å².